The average molecular weight is 734 g/mol. The van der Waals surface area contributed by atoms with Gasteiger partial charge in [0.25, 0.3) is 11.8 Å². The predicted octanol–water partition coefficient (Wildman–Crippen LogP) is 7.22. The first-order valence-corrected chi connectivity index (χ1v) is 16.6. The van der Waals surface area contributed by atoms with E-state index in [1.54, 1.807) is 48.5 Å². The number of hydrogen-bond acceptors (Lipinski definition) is 5. The maximum absolute atomic E-state index is 14.6. The Hall–Kier alpha value is -4.05. The number of rotatable bonds is 3. The molecule has 11 heteroatoms. The summed E-state index contributed by atoms with van der Waals surface area (Å²) in [7, 11) is 0. The normalized spacial score (nSPS) is 30.0. The maximum Gasteiger partial charge on any atom is 0.258 e. The molecular weight excluding hydrogens is 710 g/mol. The number of nitrogens with zero attached hydrogens (tertiary/aromatic N) is 2. The molecule has 236 valence electrons. The SMILES string of the molecule is O=C1[C@H]2[C@H](CC=C3[C@H]2C[C@@]2(Cl)C(=O)N(c4ccc(F)cc4)C(=O)[C@@]2(Cl)[C@H]3c2ccc3ccccc3c2O)C(=O)N1c1ccc(Br)cc1. The number of carbonyl (C=O) groups is 4. The van der Waals surface area contributed by atoms with E-state index in [1.807, 2.05) is 18.2 Å². The lowest BCUT2D eigenvalue weighted by molar-refractivity contribution is -0.125. The highest BCUT2D eigenvalue weighted by Crippen LogP contribution is 2.66. The smallest absolute Gasteiger partial charge is 0.258 e. The summed E-state index contributed by atoms with van der Waals surface area (Å²) >= 11 is 18.2. The topological polar surface area (TPSA) is 95.0 Å². The number of imide groups is 2. The van der Waals surface area contributed by atoms with Crippen molar-refractivity contribution in [1.29, 1.82) is 0 Å². The van der Waals surface area contributed by atoms with E-state index in [2.05, 4.69) is 15.9 Å². The van der Waals surface area contributed by atoms with Crippen molar-refractivity contribution in [1.82, 2.24) is 0 Å². The summed E-state index contributed by atoms with van der Waals surface area (Å²) in [4.78, 5) is 54.9. The van der Waals surface area contributed by atoms with E-state index >= 15 is 0 Å². The number of allylic oxidation sites excluding steroid dienone is 2. The van der Waals surface area contributed by atoms with Crippen LogP contribution in [0, 0.1) is 23.6 Å². The molecule has 4 amide bonds. The molecule has 1 N–H and O–H groups in total. The highest BCUT2D eigenvalue weighted by Gasteiger charge is 2.77. The summed E-state index contributed by atoms with van der Waals surface area (Å²) in [6, 6.07) is 22.3. The molecule has 0 unspecified atom stereocenters. The third-order valence-corrected chi connectivity index (χ3v) is 12.2. The van der Waals surface area contributed by atoms with Crippen LogP contribution in [0.3, 0.4) is 0 Å². The first-order chi connectivity index (χ1) is 22.5. The van der Waals surface area contributed by atoms with E-state index in [-0.39, 0.29) is 35.7 Å². The number of hydrogen-bond donors (Lipinski definition) is 1. The number of carbonyl (C=O) groups excluding carboxylic acids is 4. The van der Waals surface area contributed by atoms with Gasteiger partial charge in [0.15, 0.2) is 9.75 Å². The van der Waals surface area contributed by atoms with Gasteiger partial charge in [-0.1, -0.05) is 64.0 Å². The third kappa shape index (κ3) is 4.03. The molecule has 0 aromatic heterocycles. The number of anilines is 2. The minimum absolute atomic E-state index is 0.0840. The van der Waals surface area contributed by atoms with E-state index < -0.39 is 57.0 Å². The van der Waals surface area contributed by atoms with Crippen molar-refractivity contribution in [2.24, 2.45) is 17.8 Å². The summed E-state index contributed by atoms with van der Waals surface area (Å²) in [5.74, 6) is -6.69. The number of fused-ring (bicyclic) bond motifs is 5. The Morgan fingerprint density at radius 3 is 2.17 bits per heavy atom. The zero-order valence-corrected chi connectivity index (χ0v) is 27.5. The summed E-state index contributed by atoms with van der Waals surface area (Å²) in [6.45, 7) is 0. The van der Waals surface area contributed by atoms with Crippen LogP contribution in [0.15, 0.2) is 101 Å². The summed E-state index contributed by atoms with van der Waals surface area (Å²) < 4.78 is 14.7. The number of phenolic OH excluding ortho intramolecular Hbond substituents is 1. The zero-order valence-electron chi connectivity index (χ0n) is 24.4. The van der Waals surface area contributed by atoms with Crippen molar-refractivity contribution >= 4 is 84.9 Å². The number of halogens is 4. The lowest BCUT2D eigenvalue weighted by atomic mass is 9.56. The van der Waals surface area contributed by atoms with Crippen LogP contribution in [-0.4, -0.2) is 38.5 Å². The maximum atomic E-state index is 14.6. The molecule has 4 aliphatic rings. The first-order valence-electron chi connectivity index (χ1n) is 15.0. The van der Waals surface area contributed by atoms with Gasteiger partial charge in [0.05, 0.1) is 23.2 Å². The Labute approximate surface area is 286 Å². The molecular formula is C36H24BrCl2FN2O5. The van der Waals surface area contributed by atoms with Crippen LogP contribution < -0.4 is 9.80 Å². The van der Waals surface area contributed by atoms with E-state index in [0.717, 1.165) is 26.9 Å². The number of alkyl halides is 2. The van der Waals surface area contributed by atoms with Gasteiger partial charge in [0.2, 0.25) is 11.8 Å². The quantitative estimate of drug-likeness (QED) is 0.136. The van der Waals surface area contributed by atoms with E-state index in [4.69, 9.17) is 23.2 Å². The Balaban J connectivity index is 1.33. The molecule has 2 aliphatic carbocycles. The molecule has 4 aromatic carbocycles. The number of aromatic hydroxyl groups is 1. The monoisotopic (exact) mass is 732 g/mol. The van der Waals surface area contributed by atoms with Gasteiger partial charge in [-0.25, -0.2) is 9.29 Å². The van der Waals surface area contributed by atoms with Crippen molar-refractivity contribution < 1.29 is 28.7 Å². The molecule has 2 aliphatic heterocycles. The Kier molecular flexibility index (Phi) is 6.75. The Morgan fingerprint density at radius 2 is 1.45 bits per heavy atom. The second-order valence-electron chi connectivity index (χ2n) is 12.5. The van der Waals surface area contributed by atoms with Gasteiger partial charge in [0, 0.05) is 21.3 Å². The fourth-order valence-corrected chi connectivity index (χ4v) is 9.28. The lowest BCUT2D eigenvalue weighted by Crippen LogP contribution is -2.60. The van der Waals surface area contributed by atoms with Gasteiger partial charge in [-0.05, 0) is 72.7 Å². The second-order valence-corrected chi connectivity index (χ2v) is 14.6. The predicted molar refractivity (Wildman–Crippen MR) is 179 cm³/mol. The minimum atomic E-state index is -2.15. The van der Waals surface area contributed by atoms with Crippen molar-refractivity contribution in [2.45, 2.75) is 28.5 Å². The van der Waals surface area contributed by atoms with Crippen molar-refractivity contribution in [3.63, 3.8) is 0 Å². The van der Waals surface area contributed by atoms with Crippen LogP contribution in [0.5, 0.6) is 5.75 Å². The van der Waals surface area contributed by atoms with E-state index in [1.165, 1.54) is 17.0 Å². The molecule has 47 heavy (non-hydrogen) atoms. The van der Waals surface area contributed by atoms with Crippen LogP contribution in [0.2, 0.25) is 0 Å². The van der Waals surface area contributed by atoms with Crippen LogP contribution in [-0.2, 0) is 19.2 Å². The average Bonchev–Trinajstić information content (AvgIpc) is 3.40. The number of benzene rings is 4. The molecule has 0 radical (unpaired) electrons. The van der Waals surface area contributed by atoms with Crippen LogP contribution in [0.25, 0.3) is 10.8 Å². The summed E-state index contributed by atoms with van der Waals surface area (Å²) in [5.41, 5.74) is 1.33. The Bertz CT molecular complexity index is 2090. The molecule has 6 atom stereocenters. The van der Waals surface area contributed by atoms with Gasteiger partial charge in [-0.3, -0.25) is 24.1 Å². The van der Waals surface area contributed by atoms with Gasteiger partial charge in [0.1, 0.15) is 11.6 Å². The first kappa shape index (κ1) is 30.3. The second kappa shape index (κ2) is 10.5. The van der Waals surface area contributed by atoms with Crippen LogP contribution >= 0.6 is 39.1 Å². The molecule has 3 fully saturated rings. The summed E-state index contributed by atoms with van der Waals surface area (Å²) in [6.07, 6.45) is 1.79. The van der Waals surface area contributed by atoms with Crippen molar-refractivity contribution in [2.75, 3.05) is 9.80 Å². The fourth-order valence-electron chi connectivity index (χ4n) is 8.09. The van der Waals surface area contributed by atoms with E-state index in [0.29, 0.717) is 16.6 Å². The molecule has 8 rings (SSSR count). The standard InChI is InChI=1S/C36H24BrCl2FN2O5/c37-19-6-10-21(11-7-19)41-31(44)25-16-15-24-27(28(25)32(41)45)17-35(38)33(46)42(22-12-8-20(40)9-13-22)34(47)36(35,39)29(24)26-14-5-18-3-1-2-4-23(18)30(26)43/h1-15,25,27-29,43H,16-17H2/t25-,27+,28-,29+,35+,36-/m0/s1. The van der Waals surface area contributed by atoms with Gasteiger partial charge in [-0.15, -0.1) is 23.2 Å². The number of phenols is 1. The Morgan fingerprint density at radius 1 is 0.787 bits per heavy atom. The van der Waals surface area contributed by atoms with Crippen LogP contribution in [0.1, 0.15) is 24.3 Å². The van der Waals surface area contributed by atoms with Crippen LogP contribution in [0.4, 0.5) is 15.8 Å². The van der Waals surface area contributed by atoms with Gasteiger partial charge >= 0.3 is 0 Å². The molecule has 0 spiro atoms. The zero-order chi connectivity index (χ0) is 33.0. The third-order valence-electron chi connectivity index (χ3n) is 10.2. The van der Waals surface area contributed by atoms with Crippen molar-refractivity contribution in [3.05, 3.63) is 112 Å². The minimum Gasteiger partial charge on any atom is -0.507 e. The highest BCUT2D eigenvalue weighted by molar-refractivity contribution is 9.10. The number of amides is 4. The van der Waals surface area contributed by atoms with E-state index in [9.17, 15) is 28.7 Å². The molecule has 2 saturated heterocycles. The molecule has 2 heterocycles. The lowest BCUT2D eigenvalue weighted by Gasteiger charge is -2.50. The molecule has 7 nitrogen and oxygen atoms in total. The van der Waals surface area contributed by atoms with Crippen molar-refractivity contribution in [3.8, 4) is 5.75 Å². The fraction of sp³-hybridized carbons (Fsp3) is 0.222. The molecule has 1 saturated carbocycles. The molecule has 4 aromatic rings. The highest BCUT2D eigenvalue weighted by atomic mass is 79.9. The largest absolute Gasteiger partial charge is 0.507 e. The van der Waals surface area contributed by atoms with Gasteiger partial charge in [-0.2, -0.15) is 0 Å². The molecule has 0 bridgehead atoms. The summed E-state index contributed by atoms with van der Waals surface area (Å²) in [5, 5.41) is 13.0. The van der Waals surface area contributed by atoms with Gasteiger partial charge < -0.3 is 5.11 Å².